The number of hydrogen-bond donors (Lipinski definition) is 1. The van der Waals surface area contributed by atoms with Gasteiger partial charge in [0.15, 0.2) is 6.61 Å². The van der Waals surface area contributed by atoms with E-state index in [1.807, 2.05) is 19.1 Å². The first-order valence-corrected chi connectivity index (χ1v) is 9.00. The number of hydrogen-bond acceptors (Lipinski definition) is 4. The van der Waals surface area contributed by atoms with Crippen molar-refractivity contribution in [3.8, 4) is 5.75 Å². The van der Waals surface area contributed by atoms with Crippen molar-refractivity contribution in [2.24, 2.45) is 0 Å². The van der Waals surface area contributed by atoms with Crippen molar-refractivity contribution < 1.29 is 13.9 Å². The summed E-state index contributed by atoms with van der Waals surface area (Å²) in [6.45, 7) is 3.41. The second-order valence-corrected chi connectivity index (χ2v) is 7.00. The zero-order chi connectivity index (χ0) is 19.6. The second-order valence-electron chi connectivity index (χ2n) is 6.16. The Kier molecular flexibility index (Phi) is 5.73. The highest BCUT2D eigenvalue weighted by atomic mass is 35.5. The van der Waals surface area contributed by atoms with Crippen molar-refractivity contribution in [1.29, 1.82) is 0 Å². The fraction of sp³-hybridized carbons (Fsp3) is 0.200. The van der Waals surface area contributed by atoms with Gasteiger partial charge in [0, 0.05) is 22.5 Å². The first kappa shape index (κ1) is 19.3. The summed E-state index contributed by atoms with van der Waals surface area (Å²) in [6, 6.07) is 11.6. The van der Waals surface area contributed by atoms with E-state index < -0.39 is 5.63 Å². The fourth-order valence-corrected chi connectivity index (χ4v) is 3.13. The zero-order valence-corrected chi connectivity index (χ0v) is 16.2. The molecule has 0 fully saturated rings. The number of amides is 1. The lowest BCUT2D eigenvalue weighted by Crippen LogP contribution is -2.31. The van der Waals surface area contributed by atoms with Gasteiger partial charge in [0.1, 0.15) is 11.3 Å². The highest BCUT2D eigenvalue weighted by Crippen LogP contribution is 2.31. The minimum absolute atomic E-state index is 0.229. The molecule has 1 N–H and O–H groups in total. The van der Waals surface area contributed by atoms with E-state index in [1.54, 1.807) is 25.1 Å². The highest BCUT2D eigenvalue weighted by Gasteiger charge is 2.13. The molecule has 3 aromatic rings. The minimum atomic E-state index is -0.457. The van der Waals surface area contributed by atoms with E-state index >= 15 is 0 Å². The maximum Gasteiger partial charge on any atom is 0.336 e. The van der Waals surface area contributed by atoms with Crippen LogP contribution in [-0.2, 0) is 4.79 Å². The lowest BCUT2D eigenvalue weighted by atomic mass is 10.1. The number of nitrogens with one attached hydrogen (secondary N) is 1. The van der Waals surface area contributed by atoms with Crippen LogP contribution in [0.15, 0.2) is 51.7 Å². The smallest absolute Gasteiger partial charge is 0.336 e. The number of ether oxygens (including phenoxy) is 1. The number of carbonyl (C=O) groups excluding carboxylic acids is 1. The number of halogens is 2. The van der Waals surface area contributed by atoms with Crippen LogP contribution in [0.3, 0.4) is 0 Å². The zero-order valence-electron chi connectivity index (χ0n) is 14.7. The lowest BCUT2D eigenvalue weighted by molar-refractivity contribution is -0.123. The maximum atomic E-state index is 12.2. The third-order valence-corrected chi connectivity index (χ3v) is 4.62. The van der Waals surface area contributed by atoms with E-state index in [9.17, 15) is 9.59 Å². The van der Waals surface area contributed by atoms with E-state index in [0.29, 0.717) is 21.0 Å². The van der Waals surface area contributed by atoms with Crippen molar-refractivity contribution in [3.05, 3.63) is 74.1 Å². The average molecular weight is 406 g/mol. The van der Waals surface area contributed by atoms with Gasteiger partial charge < -0.3 is 14.5 Å². The van der Waals surface area contributed by atoms with E-state index in [2.05, 4.69) is 5.32 Å². The molecule has 140 valence electrons. The molecule has 0 aliphatic carbocycles. The number of rotatable bonds is 5. The molecule has 0 saturated carbocycles. The van der Waals surface area contributed by atoms with E-state index in [-0.39, 0.29) is 24.3 Å². The van der Waals surface area contributed by atoms with Gasteiger partial charge >= 0.3 is 5.63 Å². The molecule has 27 heavy (non-hydrogen) atoms. The molecule has 0 bridgehead atoms. The van der Waals surface area contributed by atoms with Crippen molar-refractivity contribution >= 4 is 40.1 Å². The number of carbonyl (C=O) groups is 1. The summed E-state index contributed by atoms with van der Waals surface area (Å²) in [5.74, 6) is -0.0483. The van der Waals surface area contributed by atoms with Gasteiger partial charge in [-0.2, -0.15) is 0 Å². The molecular formula is C20H17Cl2NO4. The van der Waals surface area contributed by atoms with Crippen LogP contribution in [0.25, 0.3) is 11.0 Å². The molecule has 5 nitrogen and oxygen atoms in total. The van der Waals surface area contributed by atoms with Crippen molar-refractivity contribution in [2.45, 2.75) is 19.9 Å². The first-order chi connectivity index (χ1) is 12.8. The van der Waals surface area contributed by atoms with Crippen LogP contribution in [0.2, 0.25) is 10.0 Å². The van der Waals surface area contributed by atoms with Gasteiger partial charge in [0.25, 0.3) is 5.91 Å². The molecule has 1 heterocycles. The van der Waals surface area contributed by atoms with E-state index in [0.717, 1.165) is 11.1 Å². The highest BCUT2D eigenvalue weighted by molar-refractivity contribution is 6.32. The number of benzene rings is 2. The van der Waals surface area contributed by atoms with Crippen LogP contribution in [0.5, 0.6) is 5.75 Å². The summed E-state index contributed by atoms with van der Waals surface area (Å²) in [4.78, 5) is 23.7. The normalized spacial score (nSPS) is 12.0. The molecule has 1 atom stereocenters. The molecule has 2 aromatic carbocycles. The van der Waals surface area contributed by atoms with E-state index in [4.69, 9.17) is 32.4 Å². The second kappa shape index (κ2) is 8.03. The molecule has 0 saturated heterocycles. The summed E-state index contributed by atoms with van der Waals surface area (Å²) in [7, 11) is 0. The minimum Gasteiger partial charge on any atom is -0.482 e. The standard InChI is InChI=1S/C20H17Cl2NO4/c1-11-6-20(25)27-17-9-18(16(22)8-15(11)17)26-10-19(24)23-12(2)13-4-3-5-14(21)7-13/h3-9,12H,10H2,1-2H3,(H,23,24)/t12-/m0/s1. The monoisotopic (exact) mass is 405 g/mol. The van der Waals surface area contributed by atoms with Gasteiger partial charge in [-0.1, -0.05) is 35.3 Å². The molecular weight excluding hydrogens is 389 g/mol. The fourth-order valence-electron chi connectivity index (χ4n) is 2.72. The predicted molar refractivity (Wildman–Crippen MR) is 106 cm³/mol. The van der Waals surface area contributed by atoms with Gasteiger partial charge in [0.2, 0.25) is 0 Å². The molecule has 0 spiro atoms. The third-order valence-electron chi connectivity index (χ3n) is 4.09. The molecule has 3 rings (SSSR count). The molecule has 7 heteroatoms. The van der Waals surface area contributed by atoms with E-state index in [1.165, 1.54) is 12.1 Å². The number of aryl methyl sites for hydroxylation is 1. The quantitative estimate of drug-likeness (QED) is 0.626. The van der Waals surface area contributed by atoms with Crippen molar-refractivity contribution in [2.75, 3.05) is 6.61 Å². The first-order valence-electron chi connectivity index (χ1n) is 8.25. The lowest BCUT2D eigenvalue weighted by Gasteiger charge is -2.15. The maximum absolute atomic E-state index is 12.2. The number of fused-ring (bicyclic) bond motifs is 1. The van der Waals surface area contributed by atoms with Crippen LogP contribution in [0.4, 0.5) is 0 Å². The van der Waals surface area contributed by atoms with Crippen LogP contribution in [-0.4, -0.2) is 12.5 Å². The van der Waals surface area contributed by atoms with Crippen molar-refractivity contribution in [1.82, 2.24) is 5.32 Å². The van der Waals surface area contributed by atoms with Crippen LogP contribution < -0.4 is 15.7 Å². The Hall–Kier alpha value is -2.50. The summed E-state index contributed by atoms with van der Waals surface area (Å²) in [6.07, 6.45) is 0. The average Bonchev–Trinajstić information content (AvgIpc) is 2.60. The third kappa shape index (κ3) is 4.62. The molecule has 0 unspecified atom stereocenters. The molecule has 1 aromatic heterocycles. The molecule has 0 aliphatic heterocycles. The van der Waals surface area contributed by atoms with Gasteiger partial charge in [-0.3, -0.25) is 4.79 Å². The Morgan fingerprint density at radius 1 is 1.22 bits per heavy atom. The molecule has 0 aliphatic rings. The van der Waals surface area contributed by atoms with Gasteiger partial charge in [-0.15, -0.1) is 0 Å². The van der Waals surface area contributed by atoms with Crippen LogP contribution in [0, 0.1) is 6.92 Å². The Bertz CT molecular complexity index is 1060. The Morgan fingerprint density at radius 2 is 2.00 bits per heavy atom. The predicted octanol–water partition coefficient (Wildman–Crippen LogP) is 4.66. The summed E-state index contributed by atoms with van der Waals surface area (Å²) >= 11 is 12.2. The van der Waals surface area contributed by atoms with Crippen LogP contribution in [0.1, 0.15) is 24.1 Å². The van der Waals surface area contributed by atoms with Crippen molar-refractivity contribution in [3.63, 3.8) is 0 Å². The van der Waals surface area contributed by atoms with Gasteiger partial charge in [-0.05, 0) is 43.2 Å². The Labute approximate surface area is 165 Å². The summed E-state index contributed by atoms with van der Waals surface area (Å²) in [5, 5.41) is 4.47. The SMILES string of the molecule is Cc1cc(=O)oc2cc(OCC(=O)N[C@@H](C)c3cccc(Cl)c3)c(Cl)cc12. The van der Waals surface area contributed by atoms with Gasteiger partial charge in [-0.25, -0.2) is 4.79 Å². The summed E-state index contributed by atoms with van der Waals surface area (Å²) in [5.41, 5.74) is 1.54. The van der Waals surface area contributed by atoms with Crippen LogP contribution >= 0.6 is 23.2 Å². The molecule has 1 amide bonds. The Balaban J connectivity index is 1.70. The largest absolute Gasteiger partial charge is 0.482 e. The Morgan fingerprint density at radius 3 is 2.74 bits per heavy atom. The molecule has 0 radical (unpaired) electrons. The summed E-state index contributed by atoms with van der Waals surface area (Å²) < 4.78 is 10.7. The van der Waals surface area contributed by atoms with Gasteiger partial charge in [0.05, 0.1) is 11.1 Å². The topological polar surface area (TPSA) is 68.5 Å².